The molecule has 0 atom stereocenters. The third-order valence-electron chi connectivity index (χ3n) is 3.99. The number of hydrogen-bond donors (Lipinski definition) is 2. The summed E-state index contributed by atoms with van der Waals surface area (Å²) < 4.78 is 5.44. The summed E-state index contributed by atoms with van der Waals surface area (Å²) >= 11 is 0. The van der Waals surface area contributed by atoms with Gasteiger partial charge in [0, 0.05) is 6.42 Å². The molecule has 3 N–H and O–H groups in total. The zero-order valence-electron chi connectivity index (χ0n) is 11.8. The number of carbonyl (C=O) groups excluding carboxylic acids is 1. The maximum absolute atomic E-state index is 11.6. The standard InChI is InChI=1S/C16H19N3O2/c17-16(20)15-14(12-4-2-1-3-5-12)13(21-19-15)10-11-6-8-18-9-7-11/h1-5,11,18H,6-10H2,(H2,17,20). The van der Waals surface area contributed by atoms with Crippen LogP contribution in [0.25, 0.3) is 11.1 Å². The van der Waals surface area contributed by atoms with E-state index in [9.17, 15) is 4.79 Å². The normalized spacial score (nSPS) is 16.0. The Morgan fingerprint density at radius 3 is 2.67 bits per heavy atom. The number of rotatable bonds is 4. The highest BCUT2D eigenvalue weighted by Crippen LogP contribution is 2.30. The highest BCUT2D eigenvalue weighted by Gasteiger charge is 2.24. The molecule has 5 heteroatoms. The lowest BCUT2D eigenvalue weighted by atomic mass is 9.90. The summed E-state index contributed by atoms with van der Waals surface area (Å²) in [6.07, 6.45) is 3.02. The SMILES string of the molecule is NC(=O)c1noc(CC2CCNCC2)c1-c1ccccc1. The predicted molar refractivity (Wildman–Crippen MR) is 79.8 cm³/mol. The average Bonchev–Trinajstić information content (AvgIpc) is 2.93. The van der Waals surface area contributed by atoms with E-state index in [1.165, 1.54) is 0 Å². The van der Waals surface area contributed by atoms with E-state index >= 15 is 0 Å². The quantitative estimate of drug-likeness (QED) is 0.900. The number of nitrogens with one attached hydrogen (secondary N) is 1. The number of aromatic nitrogens is 1. The molecular weight excluding hydrogens is 266 g/mol. The van der Waals surface area contributed by atoms with Gasteiger partial charge < -0.3 is 15.6 Å². The first kappa shape index (κ1) is 13.8. The second-order valence-electron chi connectivity index (χ2n) is 5.46. The molecule has 1 saturated heterocycles. The van der Waals surface area contributed by atoms with E-state index in [-0.39, 0.29) is 5.69 Å². The lowest BCUT2D eigenvalue weighted by Crippen LogP contribution is -2.28. The van der Waals surface area contributed by atoms with Gasteiger partial charge in [-0.15, -0.1) is 0 Å². The molecule has 1 aliphatic heterocycles. The number of piperidine rings is 1. The van der Waals surface area contributed by atoms with Crippen molar-refractivity contribution in [3.63, 3.8) is 0 Å². The molecule has 0 aliphatic carbocycles. The molecule has 0 unspecified atom stereocenters. The van der Waals surface area contributed by atoms with Gasteiger partial charge in [-0.2, -0.15) is 0 Å². The van der Waals surface area contributed by atoms with Gasteiger partial charge in [0.05, 0.1) is 5.56 Å². The van der Waals surface area contributed by atoms with Crippen LogP contribution in [0.3, 0.4) is 0 Å². The molecule has 1 amide bonds. The van der Waals surface area contributed by atoms with Crippen LogP contribution in [0, 0.1) is 5.92 Å². The van der Waals surface area contributed by atoms with E-state index in [1.54, 1.807) is 0 Å². The van der Waals surface area contributed by atoms with Crippen LogP contribution in [0.15, 0.2) is 34.9 Å². The lowest BCUT2D eigenvalue weighted by Gasteiger charge is -2.21. The van der Waals surface area contributed by atoms with Crippen molar-refractivity contribution in [2.45, 2.75) is 19.3 Å². The fourth-order valence-electron chi connectivity index (χ4n) is 2.88. The highest BCUT2D eigenvalue weighted by molar-refractivity contribution is 5.98. The molecule has 0 radical (unpaired) electrons. The molecule has 1 aromatic carbocycles. The Morgan fingerprint density at radius 2 is 2.00 bits per heavy atom. The molecule has 0 spiro atoms. The number of hydrogen-bond acceptors (Lipinski definition) is 4. The van der Waals surface area contributed by atoms with Gasteiger partial charge in [0.25, 0.3) is 5.91 Å². The fourth-order valence-corrected chi connectivity index (χ4v) is 2.88. The minimum Gasteiger partial charge on any atom is -0.364 e. The summed E-state index contributed by atoms with van der Waals surface area (Å²) in [6, 6.07) is 9.70. The van der Waals surface area contributed by atoms with E-state index in [4.69, 9.17) is 10.3 Å². The number of benzene rings is 1. The van der Waals surface area contributed by atoms with E-state index < -0.39 is 5.91 Å². The first-order chi connectivity index (χ1) is 10.3. The lowest BCUT2D eigenvalue weighted by molar-refractivity contribution is 0.0992. The number of amides is 1. The van der Waals surface area contributed by atoms with Crippen molar-refractivity contribution >= 4 is 5.91 Å². The van der Waals surface area contributed by atoms with Gasteiger partial charge in [0.15, 0.2) is 5.69 Å². The van der Waals surface area contributed by atoms with E-state index in [0.29, 0.717) is 5.92 Å². The molecule has 110 valence electrons. The van der Waals surface area contributed by atoms with Gasteiger partial charge in [-0.1, -0.05) is 35.5 Å². The summed E-state index contributed by atoms with van der Waals surface area (Å²) in [5.41, 5.74) is 7.33. The van der Waals surface area contributed by atoms with Crippen LogP contribution in [0.5, 0.6) is 0 Å². The first-order valence-electron chi connectivity index (χ1n) is 7.30. The number of nitrogens with two attached hydrogens (primary N) is 1. The molecule has 2 aromatic rings. The van der Waals surface area contributed by atoms with Gasteiger partial charge >= 0.3 is 0 Å². The van der Waals surface area contributed by atoms with Gasteiger partial charge in [-0.3, -0.25) is 4.79 Å². The van der Waals surface area contributed by atoms with Crippen molar-refractivity contribution in [3.8, 4) is 11.1 Å². The van der Waals surface area contributed by atoms with E-state index in [2.05, 4.69) is 10.5 Å². The maximum atomic E-state index is 11.6. The Labute approximate surface area is 123 Å². The molecular formula is C16H19N3O2. The molecule has 1 aliphatic rings. The summed E-state index contributed by atoms with van der Waals surface area (Å²) in [6.45, 7) is 2.06. The van der Waals surface area contributed by atoms with Crippen molar-refractivity contribution in [3.05, 3.63) is 41.8 Å². The topological polar surface area (TPSA) is 81.2 Å². The van der Waals surface area contributed by atoms with Crippen LogP contribution < -0.4 is 11.1 Å². The molecule has 3 rings (SSSR count). The number of nitrogens with zero attached hydrogens (tertiary/aromatic N) is 1. The first-order valence-corrected chi connectivity index (χ1v) is 7.30. The summed E-state index contributed by atoms with van der Waals surface area (Å²) in [4.78, 5) is 11.6. The van der Waals surface area contributed by atoms with Crippen molar-refractivity contribution in [2.24, 2.45) is 11.7 Å². The summed E-state index contributed by atoms with van der Waals surface area (Å²) in [5, 5.41) is 7.24. The van der Waals surface area contributed by atoms with Gasteiger partial charge in [0.2, 0.25) is 0 Å². The Hall–Kier alpha value is -2.14. The molecule has 1 fully saturated rings. The van der Waals surface area contributed by atoms with Gasteiger partial charge in [-0.25, -0.2) is 0 Å². The van der Waals surface area contributed by atoms with Crippen molar-refractivity contribution < 1.29 is 9.32 Å². The van der Waals surface area contributed by atoms with Crippen LogP contribution in [0.4, 0.5) is 0 Å². The van der Waals surface area contributed by atoms with Crippen molar-refractivity contribution in [1.29, 1.82) is 0 Å². The third kappa shape index (κ3) is 2.97. The Bertz CT molecular complexity index is 616. The predicted octanol–water partition coefficient (Wildman–Crippen LogP) is 1.98. The molecule has 0 saturated carbocycles. The minimum absolute atomic E-state index is 0.227. The Kier molecular flexibility index (Phi) is 4.01. The zero-order chi connectivity index (χ0) is 14.7. The van der Waals surface area contributed by atoms with E-state index in [1.807, 2.05) is 30.3 Å². The summed E-state index contributed by atoms with van der Waals surface area (Å²) in [5.74, 6) is 0.776. The van der Waals surface area contributed by atoms with Crippen LogP contribution in [-0.2, 0) is 6.42 Å². The third-order valence-corrected chi connectivity index (χ3v) is 3.99. The number of carbonyl (C=O) groups is 1. The van der Waals surface area contributed by atoms with Crippen molar-refractivity contribution in [1.82, 2.24) is 10.5 Å². The second kappa shape index (κ2) is 6.10. The molecule has 0 bridgehead atoms. The Morgan fingerprint density at radius 1 is 1.29 bits per heavy atom. The average molecular weight is 285 g/mol. The van der Waals surface area contributed by atoms with Gasteiger partial charge in [0.1, 0.15) is 5.76 Å². The molecule has 5 nitrogen and oxygen atoms in total. The van der Waals surface area contributed by atoms with Crippen LogP contribution in [-0.4, -0.2) is 24.2 Å². The van der Waals surface area contributed by atoms with Crippen LogP contribution in [0.1, 0.15) is 29.1 Å². The highest BCUT2D eigenvalue weighted by atomic mass is 16.5. The number of primary amides is 1. The smallest absolute Gasteiger partial charge is 0.271 e. The Balaban J connectivity index is 1.95. The monoisotopic (exact) mass is 285 g/mol. The molecule has 2 heterocycles. The zero-order valence-corrected chi connectivity index (χ0v) is 11.8. The molecule has 1 aromatic heterocycles. The van der Waals surface area contributed by atoms with Crippen molar-refractivity contribution in [2.75, 3.05) is 13.1 Å². The summed E-state index contributed by atoms with van der Waals surface area (Å²) in [7, 11) is 0. The van der Waals surface area contributed by atoms with Gasteiger partial charge in [-0.05, 0) is 37.4 Å². The fraction of sp³-hybridized carbons (Fsp3) is 0.375. The largest absolute Gasteiger partial charge is 0.364 e. The minimum atomic E-state index is -0.547. The maximum Gasteiger partial charge on any atom is 0.271 e. The molecule has 21 heavy (non-hydrogen) atoms. The van der Waals surface area contributed by atoms with Crippen LogP contribution >= 0.6 is 0 Å². The van der Waals surface area contributed by atoms with E-state index in [0.717, 1.165) is 49.2 Å². The van der Waals surface area contributed by atoms with Crippen LogP contribution in [0.2, 0.25) is 0 Å². The second-order valence-corrected chi connectivity index (χ2v) is 5.46.